The molecule has 7 aromatic carbocycles. The van der Waals surface area contributed by atoms with Gasteiger partial charge in [0.05, 0.1) is 38.8 Å². The molecule has 0 spiro atoms. The molecule has 0 fully saturated rings. The Labute approximate surface area is 298 Å². The molecule has 0 aliphatic rings. The first-order chi connectivity index (χ1) is 25.8. The summed E-state index contributed by atoms with van der Waals surface area (Å²) < 4.78 is 4.69. The predicted molar refractivity (Wildman–Crippen MR) is 214 cm³/mol. The van der Waals surface area contributed by atoms with E-state index in [0.29, 0.717) is 0 Å². The average molecular weight is 664 g/mol. The molecule has 0 aliphatic heterocycles. The van der Waals surface area contributed by atoms with Gasteiger partial charge < -0.3 is 0 Å². The predicted octanol–water partition coefficient (Wildman–Crippen LogP) is 11.7. The van der Waals surface area contributed by atoms with Gasteiger partial charge in [0.1, 0.15) is 11.5 Å². The lowest BCUT2D eigenvalue weighted by Crippen LogP contribution is -2.03. The minimum atomic E-state index is 0.805. The van der Waals surface area contributed by atoms with Crippen molar-refractivity contribution in [2.45, 2.75) is 0 Å². The maximum absolute atomic E-state index is 5.44. The zero-order valence-corrected chi connectivity index (χ0v) is 28.0. The van der Waals surface area contributed by atoms with Crippen LogP contribution in [0.3, 0.4) is 0 Å². The van der Waals surface area contributed by atoms with E-state index >= 15 is 0 Å². The van der Waals surface area contributed by atoms with E-state index in [2.05, 4.69) is 155 Å². The van der Waals surface area contributed by atoms with Gasteiger partial charge in [-0.15, -0.1) is 0 Å². The zero-order valence-electron chi connectivity index (χ0n) is 28.0. The minimum absolute atomic E-state index is 0.805. The van der Waals surface area contributed by atoms with Gasteiger partial charge in [0.15, 0.2) is 5.82 Å². The summed E-state index contributed by atoms with van der Waals surface area (Å²) in [6, 6.07) is 61.7. The molecular formula is C47H29N5. The summed E-state index contributed by atoms with van der Waals surface area (Å²) >= 11 is 0. The van der Waals surface area contributed by atoms with E-state index in [1.165, 1.54) is 5.39 Å². The monoisotopic (exact) mass is 663 g/mol. The van der Waals surface area contributed by atoms with Crippen molar-refractivity contribution in [1.29, 1.82) is 0 Å². The Morgan fingerprint density at radius 2 is 0.865 bits per heavy atom. The summed E-state index contributed by atoms with van der Waals surface area (Å²) in [6.07, 6.45) is 0. The second-order valence-electron chi connectivity index (χ2n) is 13.2. The summed E-state index contributed by atoms with van der Waals surface area (Å²) in [5.74, 6) is 1.72. The van der Waals surface area contributed by atoms with Gasteiger partial charge in [-0.2, -0.15) is 0 Å². The highest BCUT2D eigenvalue weighted by atomic mass is 15.1. The molecule has 0 saturated heterocycles. The average Bonchev–Trinajstić information content (AvgIpc) is 3.78. The molecule has 242 valence electrons. The van der Waals surface area contributed by atoms with Gasteiger partial charge in [-0.05, 0) is 35.7 Å². The van der Waals surface area contributed by atoms with Crippen LogP contribution in [-0.2, 0) is 0 Å². The molecular weight excluding hydrogens is 635 g/mol. The number of nitrogens with zero attached hydrogens (tertiary/aromatic N) is 5. The van der Waals surface area contributed by atoms with E-state index in [1.807, 2.05) is 30.3 Å². The van der Waals surface area contributed by atoms with Crippen LogP contribution in [0.5, 0.6) is 0 Å². The highest BCUT2D eigenvalue weighted by Gasteiger charge is 2.24. The Morgan fingerprint density at radius 3 is 1.58 bits per heavy atom. The van der Waals surface area contributed by atoms with Gasteiger partial charge in [-0.3, -0.25) is 8.97 Å². The van der Waals surface area contributed by atoms with Crippen LogP contribution in [0.25, 0.3) is 99.8 Å². The number of rotatable bonds is 4. The van der Waals surface area contributed by atoms with Crippen molar-refractivity contribution in [2.75, 3.05) is 0 Å². The van der Waals surface area contributed by atoms with Crippen LogP contribution in [0.2, 0.25) is 0 Å². The van der Waals surface area contributed by atoms with Gasteiger partial charge >= 0.3 is 0 Å². The molecule has 0 bridgehead atoms. The fourth-order valence-corrected chi connectivity index (χ4v) is 7.97. The minimum Gasteiger partial charge on any atom is -0.292 e. The largest absolute Gasteiger partial charge is 0.292 e. The number of benzene rings is 7. The number of para-hydroxylation sites is 3. The highest BCUT2D eigenvalue weighted by molar-refractivity contribution is 6.21. The number of aromatic nitrogens is 5. The van der Waals surface area contributed by atoms with E-state index in [1.54, 1.807) is 0 Å². The lowest BCUT2D eigenvalue weighted by molar-refractivity contribution is 1.08. The normalized spacial score (nSPS) is 11.8. The first-order valence-corrected chi connectivity index (χ1v) is 17.6. The molecule has 5 nitrogen and oxygen atoms in total. The van der Waals surface area contributed by atoms with Crippen LogP contribution < -0.4 is 0 Å². The van der Waals surface area contributed by atoms with E-state index in [-0.39, 0.29) is 0 Å². The van der Waals surface area contributed by atoms with Crippen LogP contribution in [0.4, 0.5) is 0 Å². The van der Waals surface area contributed by atoms with Crippen molar-refractivity contribution in [3.8, 4) is 39.7 Å². The zero-order chi connectivity index (χ0) is 34.2. The molecule has 0 saturated carbocycles. The molecule has 0 radical (unpaired) electrons. The summed E-state index contributed by atoms with van der Waals surface area (Å²) in [7, 11) is 0. The van der Waals surface area contributed by atoms with Crippen LogP contribution in [0.1, 0.15) is 0 Å². The Morgan fingerprint density at radius 1 is 0.346 bits per heavy atom. The summed E-state index contributed by atoms with van der Waals surface area (Å²) in [5.41, 5.74) is 11.1. The maximum atomic E-state index is 5.44. The summed E-state index contributed by atoms with van der Waals surface area (Å²) in [6.45, 7) is 0. The van der Waals surface area contributed by atoms with E-state index in [9.17, 15) is 0 Å². The molecule has 0 N–H and O–H groups in total. The first-order valence-electron chi connectivity index (χ1n) is 17.6. The highest BCUT2D eigenvalue weighted by Crippen LogP contribution is 2.43. The smallest absolute Gasteiger partial charge is 0.165 e. The molecule has 11 rings (SSSR count). The topological polar surface area (TPSA) is 48.0 Å². The number of pyridine rings is 1. The molecule has 52 heavy (non-hydrogen) atoms. The summed E-state index contributed by atoms with van der Waals surface area (Å²) in [5, 5.41) is 5.76. The fraction of sp³-hybridized carbons (Fsp3) is 0. The standard InChI is InChI=1S/C47H29N5/c1-4-16-30(17-5-1)43-45-35-24-11-10-22-33(35)36-28-41-37(29-42(36)52(45)46(50-43)32-20-8-3-9-21-32)34-23-12-15-27-40(34)51(41)47-44(31-18-6-2-7-19-31)48-38-25-13-14-26-39(38)49-47/h1-29H. The number of fused-ring (bicyclic) bond motifs is 10. The SMILES string of the molecule is c1ccc(-c2nc3ccccc3nc2-n2c3ccccc3c3cc4c(cc32)c2ccccc2c2c(-c3ccccc3)nc(-c3ccccc3)n42)cc1. The van der Waals surface area contributed by atoms with Gasteiger partial charge in [0.25, 0.3) is 0 Å². The van der Waals surface area contributed by atoms with Crippen LogP contribution in [-0.4, -0.2) is 23.9 Å². The number of hydrogen-bond donors (Lipinski definition) is 0. The second-order valence-corrected chi connectivity index (χ2v) is 13.2. The molecule has 11 aromatic rings. The molecule has 5 heteroatoms. The van der Waals surface area contributed by atoms with Gasteiger partial charge in [-0.25, -0.2) is 15.0 Å². The molecule has 0 aliphatic carbocycles. The Hall–Kier alpha value is -7.11. The number of hydrogen-bond acceptors (Lipinski definition) is 3. The van der Waals surface area contributed by atoms with E-state index < -0.39 is 0 Å². The molecule has 0 atom stereocenters. The molecule has 4 aromatic heterocycles. The molecule has 0 amide bonds. The number of imidazole rings is 1. The molecule has 4 heterocycles. The van der Waals surface area contributed by atoms with Crippen LogP contribution >= 0.6 is 0 Å². The lowest BCUT2D eigenvalue weighted by atomic mass is 10.0. The maximum Gasteiger partial charge on any atom is 0.165 e. The van der Waals surface area contributed by atoms with Crippen LogP contribution in [0, 0.1) is 0 Å². The van der Waals surface area contributed by atoms with Crippen molar-refractivity contribution in [3.63, 3.8) is 0 Å². The van der Waals surface area contributed by atoms with Crippen molar-refractivity contribution in [2.24, 2.45) is 0 Å². The van der Waals surface area contributed by atoms with Crippen LogP contribution in [0.15, 0.2) is 176 Å². The van der Waals surface area contributed by atoms with Crippen molar-refractivity contribution in [1.82, 2.24) is 23.9 Å². The van der Waals surface area contributed by atoms with Crippen molar-refractivity contribution >= 4 is 60.0 Å². The van der Waals surface area contributed by atoms with E-state index in [4.69, 9.17) is 15.0 Å². The molecule has 0 unspecified atom stereocenters. The van der Waals surface area contributed by atoms with E-state index in [0.717, 1.165) is 94.4 Å². The third kappa shape index (κ3) is 4.20. The van der Waals surface area contributed by atoms with Gasteiger partial charge in [0, 0.05) is 38.2 Å². The fourth-order valence-electron chi connectivity index (χ4n) is 7.97. The summed E-state index contributed by atoms with van der Waals surface area (Å²) in [4.78, 5) is 16.1. The third-order valence-corrected chi connectivity index (χ3v) is 10.3. The Bertz CT molecular complexity index is 3160. The third-order valence-electron chi connectivity index (χ3n) is 10.3. The second kappa shape index (κ2) is 11.2. The lowest BCUT2D eigenvalue weighted by Gasteiger charge is -2.15. The van der Waals surface area contributed by atoms with Crippen molar-refractivity contribution < 1.29 is 0 Å². The van der Waals surface area contributed by atoms with Gasteiger partial charge in [0.2, 0.25) is 0 Å². The Balaban J connectivity index is 1.33. The quantitative estimate of drug-likeness (QED) is 0.176. The van der Waals surface area contributed by atoms with Crippen molar-refractivity contribution in [3.05, 3.63) is 176 Å². The first kappa shape index (κ1) is 28.7. The Kier molecular flexibility index (Phi) is 6.18. The van der Waals surface area contributed by atoms with Gasteiger partial charge in [-0.1, -0.05) is 146 Å².